The molecule has 1 aromatic heterocycles. The Morgan fingerprint density at radius 1 is 1.13 bits per heavy atom. The molecule has 7 heteroatoms. The quantitative estimate of drug-likeness (QED) is 0.493. The lowest BCUT2D eigenvalue weighted by atomic mass is 9.93. The molecule has 4 aromatic rings. The molecule has 2 heterocycles. The number of fused-ring (bicyclic) bond motifs is 2. The molecule has 6 nitrogen and oxygen atoms in total. The zero-order valence-corrected chi connectivity index (χ0v) is 17.7. The summed E-state index contributed by atoms with van der Waals surface area (Å²) in [6.45, 7) is 2.01. The number of rotatable bonds is 4. The molecule has 1 atom stereocenters. The average Bonchev–Trinajstić information content (AvgIpc) is 3.35. The second-order valence-corrected chi connectivity index (χ2v) is 8.18. The van der Waals surface area contributed by atoms with Gasteiger partial charge in [-0.2, -0.15) is 4.37 Å². The minimum atomic E-state index is -0.326. The molecule has 2 amide bonds. The minimum absolute atomic E-state index is 0.150. The molecular weight excluding hydrogens is 410 g/mol. The molecule has 0 radical (unpaired) electrons. The molecule has 0 saturated heterocycles. The molecule has 0 spiro atoms. The number of hydrogen-bond acceptors (Lipinski definition) is 5. The Morgan fingerprint density at radius 3 is 2.77 bits per heavy atom. The van der Waals surface area contributed by atoms with Crippen molar-refractivity contribution in [2.45, 2.75) is 13.0 Å². The third-order valence-electron chi connectivity index (χ3n) is 5.55. The number of carbonyl (C=O) groups is 2. The lowest BCUT2D eigenvalue weighted by Crippen LogP contribution is -2.21. The van der Waals surface area contributed by atoms with E-state index in [9.17, 15) is 9.59 Å². The highest BCUT2D eigenvalue weighted by molar-refractivity contribution is 7.13. The number of ether oxygens (including phenoxy) is 1. The summed E-state index contributed by atoms with van der Waals surface area (Å²) < 4.78 is 10.6. The molecule has 1 unspecified atom stereocenters. The summed E-state index contributed by atoms with van der Waals surface area (Å²) in [5, 5.41) is 6.77. The van der Waals surface area contributed by atoms with E-state index >= 15 is 0 Å². The van der Waals surface area contributed by atoms with E-state index in [4.69, 9.17) is 4.74 Å². The van der Waals surface area contributed by atoms with Gasteiger partial charge in [-0.05, 0) is 59.9 Å². The standard InChI is InChI=1S/C24H19N3O3S/c1-13-6-3-4-7-15(13)21-20-16(23(28)26-21)8-5-9-18(20)25-24(29)22-17-12-14(30-2)10-11-19(17)31-27-22/h3-12,21H,1-2H3,(H,25,29)(H,26,28). The highest BCUT2D eigenvalue weighted by Gasteiger charge is 2.33. The zero-order valence-electron chi connectivity index (χ0n) is 16.9. The molecule has 1 aliphatic rings. The van der Waals surface area contributed by atoms with Gasteiger partial charge in [-0.3, -0.25) is 9.59 Å². The topological polar surface area (TPSA) is 80.3 Å². The van der Waals surface area contributed by atoms with E-state index < -0.39 is 0 Å². The summed E-state index contributed by atoms with van der Waals surface area (Å²) in [7, 11) is 1.59. The fourth-order valence-electron chi connectivity index (χ4n) is 4.00. The maximum Gasteiger partial charge on any atom is 0.276 e. The molecule has 31 heavy (non-hydrogen) atoms. The number of benzene rings is 3. The fourth-order valence-corrected chi connectivity index (χ4v) is 4.75. The number of nitrogens with zero attached hydrogens (tertiary/aromatic N) is 1. The molecule has 5 rings (SSSR count). The monoisotopic (exact) mass is 429 g/mol. The normalized spacial score (nSPS) is 14.9. The number of anilines is 1. The second kappa shape index (κ2) is 7.52. The van der Waals surface area contributed by atoms with Gasteiger partial charge in [-0.1, -0.05) is 30.3 Å². The van der Waals surface area contributed by atoms with Gasteiger partial charge in [0.2, 0.25) is 0 Å². The number of carbonyl (C=O) groups excluding carboxylic acids is 2. The number of methoxy groups -OCH3 is 1. The van der Waals surface area contributed by atoms with Crippen LogP contribution in [0, 0.1) is 6.92 Å². The average molecular weight is 430 g/mol. The molecule has 2 N–H and O–H groups in total. The predicted molar refractivity (Wildman–Crippen MR) is 121 cm³/mol. The fraction of sp³-hybridized carbons (Fsp3) is 0.125. The molecule has 154 valence electrons. The molecular formula is C24H19N3O3S. The molecule has 0 aliphatic carbocycles. The van der Waals surface area contributed by atoms with Crippen molar-refractivity contribution in [2.75, 3.05) is 12.4 Å². The first kappa shape index (κ1) is 19.3. The SMILES string of the molecule is COc1ccc2snc(C(=O)Nc3cccc4c3C(c3ccccc3C)NC4=O)c2c1. The van der Waals surface area contributed by atoms with Crippen LogP contribution in [0.2, 0.25) is 0 Å². The molecule has 0 fully saturated rings. The molecule has 0 bridgehead atoms. The highest BCUT2D eigenvalue weighted by atomic mass is 32.1. The lowest BCUT2D eigenvalue weighted by molar-refractivity contribution is 0.0959. The molecule has 3 aromatic carbocycles. The van der Waals surface area contributed by atoms with Crippen molar-refractivity contribution >= 4 is 39.1 Å². The number of aromatic nitrogens is 1. The maximum atomic E-state index is 13.2. The van der Waals surface area contributed by atoms with Crippen LogP contribution in [0.4, 0.5) is 5.69 Å². The Balaban J connectivity index is 1.55. The summed E-state index contributed by atoms with van der Waals surface area (Å²) in [5.41, 5.74) is 4.34. The Morgan fingerprint density at radius 2 is 1.97 bits per heavy atom. The zero-order chi connectivity index (χ0) is 21.5. The van der Waals surface area contributed by atoms with Crippen LogP contribution in [0.5, 0.6) is 5.75 Å². The molecule has 1 aliphatic heterocycles. The van der Waals surface area contributed by atoms with E-state index in [1.165, 1.54) is 11.5 Å². The van der Waals surface area contributed by atoms with Crippen LogP contribution in [0.25, 0.3) is 10.1 Å². The van der Waals surface area contributed by atoms with Gasteiger partial charge in [0.15, 0.2) is 0 Å². The Labute approximate surface area is 183 Å². The first-order valence-corrected chi connectivity index (χ1v) is 10.6. The van der Waals surface area contributed by atoms with Gasteiger partial charge in [0.05, 0.1) is 17.9 Å². The van der Waals surface area contributed by atoms with Gasteiger partial charge >= 0.3 is 0 Å². The second-order valence-electron chi connectivity index (χ2n) is 7.38. The van der Waals surface area contributed by atoms with Crippen molar-refractivity contribution < 1.29 is 14.3 Å². The van der Waals surface area contributed by atoms with Gasteiger partial charge in [-0.25, -0.2) is 0 Å². The molecule has 0 saturated carbocycles. The van der Waals surface area contributed by atoms with Crippen LogP contribution in [-0.2, 0) is 0 Å². The largest absolute Gasteiger partial charge is 0.497 e. The highest BCUT2D eigenvalue weighted by Crippen LogP contribution is 2.38. The summed E-state index contributed by atoms with van der Waals surface area (Å²) in [6.07, 6.45) is 0. The smallest absolute Gasteiger partial charge is 0.276 e. The lowest BCUT2D eigenvalue weighted by Gasteiger charge is -2.18. The third-order valence-corrected chi connectivity index (χ3v) is 6.38. The number of hydrogen-bond donors (Lipinski definition) is 2. The van der Waals surface area contributed by atoms with Crippen LogP contribution >= 0.6 is 11.5 Å². The van der Waals surface area contributed by atoms with Crippen LogP contribution in [-0.4, -0.2) is 23.3 Å². The van der Waals surface area contributed by atoms with Gasteiger partial charge in [0.1, 0.15) is 11.4 Å². The van der Waals surface area contributed by atoms with Crippen LogP contribution in [0.1, 0.15) is 43.6 Å². The Kier molecular flexibility index (Phi) is 4.67. The van der Waals surface area contributed by atoms with E-state index in [0.717, 1.165) is 26.8 Å². The van der Waals surface area contributed by atoms with Crippen molar-refractivity contribution in [3.8, 4) is 5.75 Å². The van der Waals surface area contributed by atoms with Crippen molar-refractivity contribution in [2.24, 2.45) is 0 Å². The number of aryl methyl sites for hydroxylation is 1. The maximum absolute atomic E-state index is 13.2. The van der Waals surface area contributed by atoms with Gasteiger partial charge in [-0.15, -0.1) is 0 Å². The first-order chi connectivity index (χ1) is 15.1. The van der Waals surface area contributed by atoms with Crippen LogP contribution in [0.15, 0.2) is 60.7 Å². The summed E-state index contributed by atoms with van der Waals surface area (Å²) in [6, 6.07) is 18.5. The number of nitrogens with one attached hydrogen (secondary N) is 2. The summed E-state index contributed by atoms with van der Waals surface area (Å²) >= 11 is 1.26. The van der Waals surface area contributed by atoms with Crippen LogP contribution < -0.4 is 15.4 Å². The Hall–Kier alpha value is -3.71. The van der Waals surface area contributed by atoms with E-state index in [2.05, 4.69) is 15.0 Å². The van der Waals surface area contributed by atoms with Crippen LogP contribution in [0.3, 0.4) is 0 Å². The Bertz CT molecular complexity index is 1350. The van der Waals surface area contributed by atoms with Crippen molar-refractivity contribution in [3.05, 3.63) is 88.6 Å². The number of amides is 2. The third kappa shape index (κ3) is 3.23. The van der Waals surface area contributed by atoms with Crippen molar-refractivity contribution in [1.82, 2.24) is 9.69 Å². The minimum Gasteiger partial charge on any atom is -0.497 e. The van der Waals surface area contributed by atoms with E-state index in [1.807, 2.05) is 55.5 Å². The van der Waals surface area contributed by atoms with E-state index in [1.54, 1.807) is 19.2 Å². The van der Waals surface area contributed by atoms with Gasteiger partial charge < -0.3 is 15.4 Å². The van der Waals surface area contributed by atoms with Gasteiger partial charge in [0, 0.05) is 22.2 Å². The van der Waals surface area contributed by atoms with Crippen molar-refractivity contribution in [1.29, 1.82) is 0 Å². The predicted octanol–water partition coefficient (Wildman–Crippen LogP) is 4.70. The summed E-state index contributed by atoms with van der Waals surface area (Å²) in [4.78, 5) is 25.8. The summed E-state index contributed by atoms with van der Waals surface area (Å²) in [5.74, 6) is 0.191. The van der Waals surface area contributed by atoms with E-state index in [0.29, 0.717) is 22.7 Å². The van der Waals surface area contributed by atoms with Gasteiger partial charge in [0.25, 0.3) is 11.8 Å². The first-order valence-electron chi connectivity index (χ1n) is 9.81. The van der Waals surface area contributed by atoms with E-state index in [-0.39, 0.29) is 17.9 Å². The van der Waals surface area contributed by atoms with Crippen molar-refractivity contribution in [3.63, 3.8) is 0 Å².